The van der Waals surface area contributed by atoms with E-state index >= 15 is 0 Å². The average Bonchev–Trinajstić information content (AvgIpc) is 2.78. The number of nitrogens with one attached hydrogen (secondary N) is 1. The summed E-state index contributed by atoms with van der Waals surface area (Å²) < 4.78 is 5.76. The molecule has 1 fully saturated rings. The van der Waals surface area contributed by atoms with Crippen molar-refractivity contribution in [3.05, 3.63) is 34.9 Å². The number of rotatable bonds is 1. The van der Waals surface area contributed by atoms with Crippen LogP contribution in [0.4, 0.5) is 0 Å². The Morgan fingerprint density at radius 2 is 2.07 bits per heavy atom. The Morgan fingerprint density at radius 1 is 1.27 bits per heavy atom. The van der Waals surface area contributed by atoms with Gasteiger partial charge in [0.1, 0.15) is 12.1 Å². The van der Waals surface area contributed by atoms with Crippen molar-refractivity contribution >= 4 is 17.5 Å². The molecular weight excluding hydrogens is 212 g/mol. The number of hydrogen-bond donors (Lipinski definition) is 1. The second kappa shape index (κ2) is 3.51. The van der Waals surface area contributed by atoms with Gasteiger partial charge in [0.05, 0.1) is 0 Å². The minimum atomic E-state index is 0.218. The Labute approximate surface area is 93.1 Å². The molecule has 2 atom stereocenters. The smallest absolute Gasteiger partial charge is 0.216 e. The van der Waals surface area contributed by atoms with Crippen LogP contribution in [0.1, 0.15) is 5.56 Å². The molecule has 1 aromatic carbocycles. The summed E-state index contributed by atoms with van der Waals surface area (Å²) in [4.78, 5) is 4.54. The first-order valence-corrected chi connectivity index (χ1v) is 5.42. The maximum atomic E-state index is 5.82. The van der Waals surface area contributed by atoms with E-state index in [2.05, 4.69) is 10.3 Å². The van der Waals surface area contributed by atoms with Gasteiger partial charge in [-0.05, 0) is 24.3 Å². The Kier molecular flexibility index (Phi) is 2.15. The van der Waals surface area contributed by atoms with Crippen molar-refractivity contribution in [3.63, 3.8) is 0 Å². The summed E-state index contributed by atoms with van der Waals surface area (Å²) in [6.07, 6.45) is 0.218. The molecule has 1 aromatic rings. The lowest BCUT2D eigenvalue weighted by molar-refractivity contribution is 0.225. The van der Waals surface area contributed by atoms with Crippen LogP contribution in [0, 0.1) is 0 Å². The molecule has 2 unspecified atom stereocenters. The molecule has 2 aliphatic heterocycles. The van der Waals surface area contributed by atoms with Crippen molar-refractivity contribution in [2.24, 2.45) is 4.99 Å². The normalized spacial score (nSPS) is 28.5. The van der Waals surface area contributed by atoms with Gasteiger partial charge in [-0.15, -0.1) is 0 Å². The zero-order chi connectivity index (χ0) is 10.3. The first-order chi connectivity index (χ1) is 7.33. The Hall–Kier alpha value is -1.06. The number of nitrogens with zero attached hydrogens (tertiary/aromatic N) is 1. The molecule has 0 amide bonds. The predicted molar refractivity (Wildman–Crippen MR) is 59.5 cm³/mol. The third-order valence-corrected chi connectivity index (χ3v) is 3.02. The average molecular weight is 223 g/mol. The van der Waals surface area contributed by atoms with Crippen LogP contribution < -0.4 is 5.32 Å². The molecule has 1 saturated heterocycles. The van der Waals surface area contributed by atoms with Crippen LogP contribution >= 0.6 is 11.6 Å². The molecule has 0 aliphatic carbocycles. The topological polar surface area (TPSA) is 33.6 Å². The molecule has 15 heavy (non-hydrogen) atoms. The number of ether oxygens (including phenoxy) is 1. The lowest BCUT2D eigenvalue weighted by atomic mass is 10.2. The summed E-state index contributed by atoms with van der Waals surface area (Å²) >= 11 is 5.82. The molecule has 0 spiro atoms. The van der Waals surface area contributed by atoms with E-state index in [1.807, 2.05) is 24.3 Å². The van der Waals surface area contributed by atoms with E-state index in [0.29, 0.717) is 0 Å². The van der Waals surface area contributed by atoms with Crippen molar-refractivity contribution in [3.8, 4) is 0 Å². The van der Waals surface area contributed by atoms with Gasteiger partial charge in [-0.1, -0.05) is 11.6 Å². The highest BCUT2D eigenvalue weighted by Crippen LogP contribution is 2.21. The molecule has 3 rings (SSSR count). The molecule has 78 valence electrons. The fraction of sp³-hybridized carbons (Fsp3) is 0.364. The van der Waals surface area contributed by atoms with Crippen LogP contribution in [0.15, 0.2) is 29.3 Å². The highest BCUT2D eigenvalue weighted by molar-refractivity contribution is 6.30. The first kappa shape index (κ1) is 9.19. The summed E-state index contributed by atoms with van der Waals surface area (Å²) in [5.41, 5.74) is 1.01. The predicted octanol–water partition coefficient (Wildman–Crippen LogP) is 1.46. The lowest BCUT2D eigenvalue weighted by Gasteiger charge is -2.07. The maximum absolute atomic E-state index is 5.82. The third kappa shape index (κ3) is 1.62. The molecular formula is C11H11ClN2O. The molecule has 1 N–H and O–H groups in total. The van der Waals surface area contributed by atoms with E-state index < -0.39 is 0 Å². The van der Waals surface area contributed by atoms with Crippen LogP contribution in [0.25, 0.3) is 0 Å². The van der Waals surface area contributed by atoms with E-state index in [-0.39, 0.29) is 12.1 Å². The third-order valence-electron chi connectivity index (χ3n) is 2.77. The molecule has 2 aliphatic rings. The standard InChI is InChI=1S/C11H11ClN2O/c12-8-3-1-7(2-4-8)11-14-9-5-13-6-10(9)15-11/h1-4,9-10,13H,5-6H2. The molecule has 4 heteroatoms. The van der Waals surface area contributed by atoms with Crippen LogP contribution in [0.2, 0.25) is 5.02 Å². The molecule has 3 nitrogen and oxygen atoms in total. The van der Waals surface area contributed by atoms with Crippen LogP contribution in [0.3, 0.4) is 0 Å². The summed E-state index contributed by atoms with van der Waals surface area (Å²) in [6.45, 7) is 1.81. The van der Waals surface area contributed by atoms with Gasteiger partial charge in [0.25, 0.3) is 0 Å². The number of benzene rings is 1. The zero-order valence-corrected chi connectivity index (χ0v) is 8.87. The van der Waals surface area contributed by atoms with Crippen molar-refractivity contribution in [2.45, 2.75) is 12.1 Å². The Morgan fingerprint density at radius 3 is 2.80 bits per heavy atom. The minimum Gasteiger partial charge on any atom is -0.470 e. The van der Waals surface area contributed by atoms with E-state index in [4.69, 9.17) is 16.3 Å². The van der Waals surface area contributed by atoms with E-state index in [1.165, 1.54) is 0 Å². The second-order valence-corrected chi connectivity index (χ2v) is 4.26. The number of halogens is 1. The Bertz CT molecular complexity index is 402. The molecule has 0 saturated carbocycles. The lowest BCUT2D eigenvalue weighted by Crippen LogP contribution is -2.20. The summed E-state index contributed by atoms with van der Waals surface area (Å²) in [6, 6.07) is 7.88. The van der Waals surface area contributed by atoms with Gasteiger partial charge in [-0.2, -0.15) is 0 Å². The van der Waals surface area contributed by atoms with Gasteiger partial charge in [0.15, 0.2) is 0 Å². The maximum Gasteiger partial charge on any atom is 0.216 e. The van der Waals surface area contributed by atoms with Gasteiger partial charge >= 0.3 is 0 Å². The molecule has 0 aromatic heterocycles. The van der Waals surface area contributed by atoms with Gasteiger partial charge in [0, 0.05) is 23.7 Å². The van der Waals surface area contributed by atoms with E-state index in [0.717, 1.165) is 29.6 Å². The second-order valence-electron chi connectivity index (χ2n) is 3.82. The van der Waals surface area contributed by atoms with Crippen LogP contribution in [0.5, 0.6) is 0 Å². The van der Waals surface area contributed by atoms with Crippen molar-refractivity contribution in [2.75, 3.05) is 13.1 Å². The van der Waals surface area contributed by atoms with Gasteiger partial charge in [-0.25, -0.2) is 4.99 Å². The highest BCUT2D eigenvalue weighted by atomic mass is 35.5. The largest absolute Gasteiger partial charge is 0.470 e. The minimum absolute atomic E-state index is 0.218. The monoisotopic (exact) mass is 222 g/mol. The quantitative estimate of drug-likeness (QED) is 0.781. The molecule has 0 radical (unpaired) electrons. The zero-order valence-electron chi connectivity index (χ0n) is 8.11. The highest BCUT2D eigenvalue weighted by Gasteiger charge is 2.35. The van der Waals surface area contributed by atoms with E-state index in [1.54, 1.807) is 0 Å². The fourth-order valence-corrected chi connectivity index (χ4v) is 2.08. The van der Waals surface area contributed by atoms with Gasteiger partial charge < -0.3 is 10.1 Å². The first-order valence-electron chi connectivity index (χ1n) is 5.04. The van der Waals surface area contributed by atoms with Crippen LogP contribution in [-0.4, -0.2) is 31.1 Å². The van der Waals surface area contributed by atoms with Crippen molar-refractivity contribution in [1.29, 1.82) is 0 Å². The number of aliphatic imine (C=N–C) groups is 1. The van der Waals surface area contributed by atoms with Crippen molar-refractivity contribution < 1.29 is 4.74 Å². The Balaban J connectivity index is 1.87. The summed E-state index contributed by atoms with van der Waals surface area (Å²) in [7, 11) is 0. The van der Waals surface area contributed by atoms with Crippen LogP contribution in [-0.2, 0) is 4.74 Å². The summed E-state index contributed by atoms with van der Waals surface area (Å²) in [5.74, 6) is 0.753. The van der Waals surface area contributed by atoms with Gasteiger partial charge in [-0.3, -0.25) is 0 Å². The molecule has 2 heterocycles. The fourth-order valence-electron chi connectivity index (χ4n) is 1.95. The van der Waals surface area contributed by atoms with Crippen molar-refractivity contribution in [1.82, 2.24) is 5.32 Å². The SMILES string of the molecule is Clc1ccc(C2=NC3CNCC3O2)cc1. The number of fused-ring (bicyclic) bond motifs is 1. The molecule has 0 bridgehead atoms. The van der Waals surface area contributed by atoms with E-state index in [9.17, 15) is 0 Å². The summed E-state index contributed by atoms with van der Waals surface area (Å²) in [5, 5.41) is 3.99. The number of hydrogen-bond acceptors (Lipinski definition) is 3. The van der Waals surface area contributed by atoms with Gasteiger partial charge in [0.2, 0.25) is 5.90 Å².